The van der Waals surface area contributed by atoms with E-state index in [1.807, 2.05) is 17.8 Å². The summed E-state index contributed by atoms with van der Waals surface area (Å²) in [5.41, 5.74) is 0.375. The summed E-state index contributed by atoms with van der Waals surface area (Å²) in [6.45, 7) is 2.49. The Morgan fingerprint density at radius 2 is 1.96 bits per heavy atom. The van der Waals surface area contributed by atoms with Crippen LogP contribution < -0.4 is 5.32 Å². The molecule has 0 unspecified atom stereocenters. The second-order valence-corrected chi connectivity index (χ2v) is 8.81. The van der Waals surface area contributed by atoms with Crippen molar-refractivity contribution >= 4 is 21.6 Å². The molecule has 1 fully saturated rings. The van der Waals surface area contributed by atoms with Crippen molar-refractivity contribution in [2.45, 2.75) is 36.6 Å². The number of fused-ring (bicyclic) bond motifs is 1. The fourth-order valence-corrected chi connectivity index (χ4v) is 5.00. The zero-order chi connectivity index (χ0) is 19.4. The van der Waals surface area contributed by atoms with Crippen LogP contribution >= 0.6 is 0 Å². The maximum absolute atomic E-state index is 14.0. The van der Waals surface area contributed by atoms with Gasteiger partial charge in [-0.05, 0) is 43.5 Å². The molecule has 1 aromatic heterocycles. The number of piperidine rings is 1. The number of halogens is 2. The van der Waals surface area contributed by atoms with Crippen LogP contribution in [0, 0.1) is 6.92 Å². The van der Waals surface area contributed by atoms with Gasteiger partial charge in [0.1, 0.15) is 0 Å². The van der Waals surface area contributed by atoms with E-state index >= 15 is 0 Å². The van der Waals surface area contributed by atoms with Crippen LogP contribution in [0.4, 0.5) is 14.5 Å². The summed E-state index contributed by atoms with van der Waals surface area (Å²) < 4.78 is 56.8. The second-order valence-electron chi connectivity index (χ2n) is 6.87. The Morgan fingerprint density at radius 1 is 1.26 bits per heavy atom. The van der Waals surface area contributed by atoms with Gasteiger partial charge < -0.3 is 5.32 Å². The number of nitrogens with zero attached hydrogens (tertiary/aromatic N) is 3. The van der Waals surface area contributed by atoms with Gasteiger partial charge in [-0.1, -0.05) is 0 Å². The van der Waals surface area contributed by atoms with Crippen LogP contribution in [0.1, 0.15) is 30.0 Å². The van der Waals surface area contributed by atoms with E-state index in [1.54, 1.807) is 6.20 Å². The minimum Gasteiger partial charge on any atom is -0.320 e. The molecule has 27 heavy (non-hydrogen) atoms. The Labute approximate surface area is 155 Å². The number of amides is 1. The molecule has 0 radical (unpaired) electrons. The molecule has 2 aliphatic rings. The molecule has 0 spiro atoms. The normalized spacial score (nSPS) is 20.5. The molecule has 3 heterocycles. The third kappa shape index (κ3) is 2.92. The number of aromatic nitrogens is 2. The molecule has 144 valence electrons. The SMILES string of the molecule is Cc1cnn(C2CCN(S(=O)(=O)c3ccc4c(c3)C(F)(F)C(=O)N4)CC2)c1. The molecule has 10 heteroatoms. The first-order chi connectivity index (χ1) is 12.7. The summed E-state index contributed by atoms with van der Waals surface area (Å²) in [7, 11) is -3.92. The number of rotatable bonds is 3. The average molecular weight is 396 g/mol. The topological polar surface area (TPSA) is 84.3 Å². The molecule has 0 aliphatic carbocycles. The molecule has 0 bridgehead atoms. The Morgan fingerprint density at radius 3 is 2.59 bits per heavy atom. The van der Waals surface area contributed by atoms with Crippen molar-refractivity contribution in [2.75, 3.05) is 18.4 Å². The van der Waals surface area contributed by atoms with Crippen LogP contribution in [-0.2, 0) is 20.7 Å². The van der Waals surface area contributed by atoms with Crippen LogP contribution in [0.5, 0.6) is 0 Å². The van der Waals surface area contributed by atoms with E-state index in [4.69, 9.17) is 0 Å². The lowest BCUT2D eigenvalue weighted by molar-refractivity contribution is -0.139. The van der Waals surface area contributed by atoms with Crippen LogP contribution in [0.25, 0.3) is 0 Å². The van der Waals surface area contributed by atoms with Crippen molar-refractivity contribution in [3.05, 3.63) is 41.7 Å². The highest BCUT2D eigenvalue weighted by Crippen LogP contribution is 2.41. The monoisotopic (exact) mass is 396 g/mol. The molecular weight excluding hydrogens is 378 g/mol. The van der Waals surface area contributed by atoms with Gasteiger partial charge in [-0.15, -0.1) is 0 Å². The highest BCUT2D eigenvalue weighted by molar-refractivity contribution is 7.89. The molecule has 1 N–H and O–H groups in total. The van der Waals surface area contributed by atoms with E-state index in [9.17, 15) is 22.0 Å². The third-order valence-electron chi connectivity index (χ3n) is 5.03. The van der Waals surface area contributed by atoms with Gasteiger partial charge >= 0.3 is 5.92 Å². The van der Waals surface area contributed by atoms with Crippen molar-refractivity contribution in [1.29, 1.82) is 0 Å². The van der Waals surface area contributed by atoms with Gasteiger partial charge in [0, 0.05) is 19.3 Å². The number of sulfonamides is 1. The maximum Gasteiger partial charge on any atom is 0.352 e. The average Bonchev–Trinajstić information content (AvgIpc) is 3.16. The molecule has 7 nitrogen and oxygen atoms in total. The summed E-state index contributed by atoms with van der Waals surface area (Å²) in [5.74, 6) is -5.17. The van der Waals surface area contributed by atoms with E-state index in [0.717, 1.165) is 11.6 Å². The van der Waals surface area contributed by atoms with Crippen molar-refractivity contribution < 1.29 is 22.0 Å². The van der Waals surface area contributed by atoms with Crippen molar-refractivity contribution in [3.63, 3.8) is 0 Å². The fourth-order valence-electron chi connectivity index (χ4n) is 3.50. The number of carbonyl (C=O) groups is 1. The van der Waals surface area contributed by atoms with Crippen LogP contribution in [0.15, 0.2) is 35.5 Å². The van der Waals surface area contributed by atoms with Gasteiger partial charge in [0.15, 0.2) is 0 Å². The molecule has 0 atom stereocenters. The minimum absolute atomic E-state index is 0.0586. The molecule has 0 saturated carbocycles. The van der Waals surface area contributed by atoms with E-state index in [1.165, 1.54) is 16.4 Å². The third-order valence-corrected chi connectivity index (χ3v) is 6.92. The number of aryl methyl sites for hydroxylation is 1. The number of hydrogen-bond acceptors (Lipinski definition) is 4. The lowest BCUT2D eigenvalue weighted by atomic mass is 10.1. The van der Waals surface area contributed by atoms with Crippen LogP contribution in [0.2, 0.25) is 0 Å². The highest BCUT2D eigenvalue weighted by atomic mass is 32.2. The molecule has 4 rings (SSSR count). The van der Waals surface area contributed by atoms with E-state index in [-0.39, 0.29) is 29.7 Å². The number of anilines is 1. The molecule has 1 aromatic carbocycles. The predicted molar refractivity (Wildman–Crippen MR) is 93.0 cm³/mol. The Bertz CT molecular complexity index is 1010. The van der Waals surface area contributed by atoms with Gasteiger partial charge in [-0.2, -0.15) is 18.2 Å². The largest absolute Gasteiger partial charge is 0.352 e. The number of alkyl halides is 2. The summed E-state index contributed by atoms with van der Waals surface area (Å²) >= 11 is 0. The quantitative estimate of drug-likeness (QED) is 0.863. The predicted octanol–water partition coefficient (Wildman–Crippen LogP) is 2.26. The summed E-state index contributed by atoms with van der Waals surface area (Å²) in [6, 6.07) is 3.46. The molecule has 1 amide bonds. The van der Waals surface area contributed by atoms with Crippen LogP contribution in [-0.4, -0.2) is 41.5 Å². The summed E-state index contributed by atoms with van der Waals surface area (Å²) in [4.78, 5) is 11.1. The number of carbonyl (C=O) groups excluding carboxylic acids is 1. The van der Waals surface area contributed by atoms with Crippen LogP contribution in [0.3, 0.4) is 0 Å². The Kier molecular flexibility index (Phi) is 4.08. The first-order valence-electron chi connectivity index (χ1n) is 8.54. The molecule has 2 aliphatic heterocycles. The number of nitrogens with one attached hydrogen (secondary N) is 1. The Balaban J connectivity index is 1.55. The van der Waals surface area contributed by atoms with Crippen molar-refractivity contribution in [2.24, 2.45) is 0 Å². The van der Waals surface area contributed by atoms with Gasteiger partial charge in [0.05, 0.1) is 28.4 Å². The smallest absolute Gasteiger partial charge is 0.320 e. The molecular formula is C17H18F2N4O3S. The maximum atomic E-state index is 14.0. The van der Waals surface area contributed by atoms with E-state index in [2.05, 4.69) is 10.4 Å². The minimum atomic E-state index is -3.92. The van der Waals surface area contributed by atoms with Gasteiger partial charge in [0.2, 0.25) is 10.0 Å². The lowest BCUT2D eigenvalue weighted by Gasteiger charge is -2.31. The summed E-state index contributed by atoms with van der Waals surface area (Å²) in [5, 5.41) is 6.34. The van der Waals surface area contributed by atoms with Gasteiger partial charge in [0.25, 0.3) is 5.91 Å². The van der Waals surface area contributed by atoms with Crippen molar-refractivity contribution in [3.8, 4) is 0 Å². The molecule has 1 saturated heterocycles. The summed E-state index contributed by atoms with van der Waals surface area (Å²) in [6.07, 6.45) is 4.84. The zero-order valence-electron chi connectivity index (χ0n) is 14.5. The number of hydrogen-bond donors (Lipinski definition) is 1. The van der Waals surface area contributed by atoms with Gasteiger partial charge in [-0.3, -0.25) is 9.48 Å². The first kappa shape index (κ1) is 18.1. The zero-order valence-corrected chi connectivity index (χ0v) is 15.3. The second kappa shape index (κ2) is 6.10. The van der Waals surface area contributed by atoms with Gasteiger partial charge in [-0.25, -0.2) is 8.42 Å². The highest BCUT2D eigenvalue weighted by Gasteiger charge is 2.49. The Hall–Kier alpha value is -2.33. The van der Waals surface area contributed by atoms with E-state index in [0.29, 0.717) is 12.8 Å². The lowest BCUT2D eigenvalue weighted by Crippen LogP contribution is -2.39. The first-order valence-corrected chi connectivity index (χ1v) is 9.98. The number of benzene rings is 1. The molecule has 2 aromatic rings. The van der Waals surface area contributed by atoms with Crippen molar-refractivity contribution in [1.82, 2.24) is 14.1 Å². The fraction of sp³-hybridized carbons (Fsp3) is 0.412. The standard InChI is InChI=1S/C17H18F2N4O3S/c1-11-9-20-23(10-11)12-4-6-22(7-5-12)27(25,26)13-2-3-15-14(8-13)17(18,19)16(24)21-15/h2-3,8-10,12H,4-7H2,1H3,(H,21,24). The van der Waals surface area contributed by atoms with E-state index < -0.39 is 27.4 Å².